The van der Waals surface area contributed by atoms with Crippen LogP contribution in [-0.2, 0) is 6.54 Å². The fourth-order valence-corrected chi connectivity index (χ4v) is 4.19. The summed E-state index contributed by atoms with van der Waals surface area (Å²) in [6.45, 7) is 9.46. The van der Waals surface area contributed by atoms with Crippen LogP contribution in [0.1, 0.15) is 39.2 Å². The van der Waals surface area contributed by atoms with Crippen LogP contribution in [0.15, 0.2) is 54.6 Å². The van der Waals surface area contributed by atoms with Crippen LogP contribution in [0.4, 0.5) is 11.5 Å². The van der Waals surface area contributed by atoms with E-state index in [2.05, 4.69) is 60.6 Å². The highest BCUT2D eigenvalue weighted by Crippen LogP contribution is 2.31. The number of aromatic hydroxyl groups is 1. The van der Waals surface area contributed by atoms with Crippen LogP contribution in [0.5, 0.6) is 5.75 Å². The van der Waals surface area contributed by atoms with Crippen LogP contribution in [0.3, 0.4) is 0 Å². The Balaban J connectivity index is 1.53. The molecule has 2 heterocycles. The van der Waals surface area contributed by atoms with Crippen molar-refractivity contribution < 1.29 is 5.11 Å². The molecule has 0 bridgehead atoms. The predicted molar refractivity (Wildman–Crippen MR) is 125 cm³/mol. The largest absolute Gasteiger partial charge is 0.508 e. The Hall–Kier alpha value is -2.79. The summed E-state index contributed by atoms with van der Waals surface area (Å²) in [4.78, 5) is 7.32. The average molecular weight is 405 g/mol. The minimum absolute atomic E-state index is 0.154. The number of nitrogens with one attached hydrogen (secondary N) is 2. The van der Waals surface area contributed by atoms with Gasteiger partial charge in [0.05, 0.1) is 5.52 Å². The SMILES string of the molecule is CC(C)(C)NC1CCN(c2cc(NCc3ccc(O)cc3)nc3ccccc23)CC1. The van der Waals surface area contributed by atoms with Gasteiger partial charge < -0.3 is 20.6 Å². The van der Waals surface area contributed by atoms with Crippen LogP contribution < -0.4 is 15.5 Å². The van der Waals surface area contributed by atoms with E-state index in [0.29, 0.717) is 12.6 Å². The van der Waals surface area contributed by atoms with Crippen molar-refractivity contribution >= 4 is 22.4 Å². The first-order valence-corrected chi connectivity index (χ1v) is 10.8. The summed E-state index contributed by atoms with van der Waals surface area (Å²) in [6.07, 6.45) is 2.29. The number of anilines is 2. The number of piperidine rings is 1. The first-order chi connectivity index (χ1) is 14.4. The van der Waals surface area contributed by atoms with Gasteiger partial charge in [-0.25, -0.2) is 4.98 Å². The molecule has 0 saturated carbocycles. The Morgan fingerprint density at radius 2 is 1.73 bits per heavy atom. The lowest BCUT2D eigenvalue weighted by atomic mass is 9.99. The molecule has 0 amide bonds. The fraction of sp³-hybridized carbons (Fsp3) is 0.400. The molecule has 3 aromatic rings. The van der Waals surface area contributed by atoms with E-state index in [1.165, 1.54) is 11.1 Å². The molecular formula is C25H32N4O. The van der Waals surface area contributed by atoms with Crippen molar-refractivity contribution in [1.82, 2.24) is 10.3 Å². The maximum Gasteiger partial charge on any atom is 0.129 e. The molecule has 1 aliphatic heterocycles. The van der Waals surface area contributed by atoms with Gasteiger partial charge in [-0.05, 0) is 57.4 Å². The van der Waals surface area contributed by atoms with Crippen molar-refractivity contribution in [3.05, 3.63) is 60.2 Å². The summed E-state index contributed by atoms with van der Waals surface area (Å²) in [7, 11) is 0. The molecule has 158 valence electrons. The van der Waals surface area contributed by atoms with Crippen LogP contribution in [0, 0.1) is 0 Å². The summed E-state index contributed by atoms with van der Waals surface area (Å²) in [5.74, 6) is 1.17. The number of fused-ring (bicyclic) bond motifs is 1. The lowest BCUT2D eigenvalue weighted by molar-refractivity contribution is 0.317. The van der Waals surface area contributed by atoms with Crippen molar-refractivity contribution in [3.63, 3.8) is 0 Å². The minimum Gasteiger partial charge on any atom is -0.508 e. The molecule has 1 fully saturated rings. The number of hydrogen-bond acceptors (Lipinski definition) is 5. The molecule has 0 unspecified atom stereocenters. The Kier molecular flexibility index (Phi) is 5.82. The first-order valence-electron chi connectivity index (χ1n) is 10.8. The second-order valence-electron chi connectivity index (χ2n) is 9.22. The van der Waals surface area contributed by atoms with E-state index in [0.717, 1.165) is 42.8 Å². The number of hydrogen-bond donors (Lipinski definition) is 3. The summed E-state index contributed by atoms with van der Waals surface area (Å²) >= 11 is 0. The smallest absolute Gasteiger partial charge is 0.129 e. The zero-order valence-electron chi connectivity index (χ0n) is 18.2. The molecule has 0 atom stereocenters. The van der Waals surface area contributed by atoms with Gasteiger partial charge in [0.25, 0.3) is 0 Å². The average Bonchev–Trinajstić information content (AvgIpc) is 2.72. The summed E-state index contributed by atoms with van der Waals surface area (Å²) in [6, 6.07) is 18.4. The number of para-hydroxylation sites is 1. The number of phenolic OH excluding ortho intramolecular Hbond substituents is 1. The molecule has 4 rings (SSSR count). The highest BCUT2D eigenvalue weighted by molar-refractivity contribution is 5.93. The lowest BCUT2D eigenvalue weighted by Gasteiger charge is -2.37. The molecule has 0 radical (unpaired) electrons. The first kappa shape index (κ1) is 20.5. The maximum atomic E-state index is 9.48. The van der Waals surface area contributed by atoms with E-state index < -0.39 is 0 Å². The van der Waals surface area contributed by atoms with E-state index in [1.54, 1.807) is 12.1 Å². The molecule has 1 saturated heterocycles. The number of rotatable bonds is 5. The minimum atomic E-state index is 0.154. The van der Waals surface area contributed by atoms with Crippen LogP contribution in [0.25, 0.3) is 10.9 Å². The number of nitrogens with zero attached hydrogens (tertiary/aromatic N) is 2. The fourth-order valence-electron chi connectivity index (χ4n) is 4.19. The molecular weight excluding hydrogens is 372 g/mol. The summed E-state index contributed by atoms with van der Waals surface area (Å²) < 4.78 is 0. The van der Waals surface area contributed by atoms with E-state index in [-0.39, 0.29) is 11.3 Å². The van der Waals surface area contributed by atoms with Gasteiger partial charge in [0.1, 0.15) is 11.6 Å². The van der Waals surface area contributed by atoms with E-state index in [9.17, 15) is 5.11 Å². The van der Waals surface area contributed by atoms with Crippen molar-refractivity contribution in [2.24, 2.45) is 0 Å². The topological polar surface area (TPSA) is 60.4 Å². The quantitative estimate of drug-likeness (QED) is 0.564. The van der Waals surface area contributed by atoms with Gasteiger partial charge in [-0.3, -0.25) is 0 Å². The third-order valence-corrected chi connectivity index (χ3v) is 5.58. The highest BCUT2D eigenvalue weighted by Gasteiger charge is 2.24. The Morgan fingerprint density at radius 3 is 2.43 bits per heavy atom. The maximum absolute atomic E-state index is 9.48. The zero-order chi connectivity index (χ0) is 21.1. The Bertz CT molecular complexity index is 986. The summed E-state index contributed by atoms with van der Waals surface area (Å²) in [5.41, 5.74) is 3.53. The van der Waals surface area contributed by atoms with Gasteiger partial charge in [0.15, 0.2) is 0 Å². The molecule has 30 heavy (non-hydrogen) atoms. The molecule has 1 aromatic heterocycles. The van der Waals surface area contributed by atoms with Gasteiger partial charge in [0, 0.05) is 48.4 Å². The molecule has 5 heteroatoms. The number of pyridine rings is 1. The Morgan fingerprint density at radius 1 is 1.03 bits per heavy atom. The second-order valence-corrected chi connectivity index (χ2v) is 9.22. The molecule has 3 N–H and O–H groups in total. The molecule has 0 aliphatic carbocycles. The molecule has 2 aromatic carbocycles. The second kappa shape index (κ2) is 8.52. The highest BCUT2D eigenvalue weighted by atomic mass is 16.3. The van der Waals surface area contributed by atoms with Crippen molar-refractivity contribution in [2.75, 3.05) is 23.3 Å². The Labute approximate surface area is 179 Å². The predicted octanol–water partition coefficient (Wildman–Crippen LogP) is 4.91. The number of benzene rings is 2. The van der Waals surface area contributed by atoms with E-state index >= 15 is 0 Å². The lowest BCUT2D eigenvalue weighted by Crippen LogP contribution is -2.49. The van der Waals surface area contributed by atoms with Gasteiger partial charge in [-0.1, -0.05) is 30.3 Å². The summed E-state index contributed by atoms with van der Waals surface area (Å²) in [5, 5.41) is 17.9. The van der Waals surface area contributed by atoms with Gasteiger partial charge in [-0.2, -0.15) is 0 Å². The van der Waals surface area contributed by atoms with Gasteiger partial charge >= 0.3 is 0 Å². The van der Waals surface area contributed by atoms with Crippen molar-refractivity contribution in [2.45, 2.75) is 51.7 Å². The normalized spacial score (nSPS) is 15.5. The van der Waals surface area contributed by atoms with E-state index in [1.807, 2.05) is 18.2 Å². The zero-order valence-corrected chi connectivity index (χ0v) is 18.2. The third kappa shape index (κ3) is 5.03. The van der Waals surface area contributed by atoms with Crippen LogP contribution >= 0.6 is 0 Å². The van der Waals surface area contributed by atoms with Crippen molar-refractivity contribution in [3.8, 4) is 5.75 Å². The van der Waals surface area contributed by atoms with Crippen molar-refractivity contribution in [1.29, 1.82) is 0 Å². The molecule has 1 aliphatic rings. The third-order valence-electron chi connectivity index (χ3n) is 5.58. The van der Waals surface area contributed by atoms with Gasteiger partial charge in [-0.15, -0.1) is 0 Å². The monoisotopic (exact) mass is 404 g/mol. The standard InChI is InChI=1S/C25H32N4O/c1-25(2,3)28-19-12-14-29(15-13-19)23-16-24(27-22-7-5-4-6-21(22)23)26-17-18-8-10-20(30)11-9-18/h4-11,16,19,28,30H,12-15,17H2,1-3H3,(H,26,27). The van der Waals surface area contributed by atoms with Crippen LogP contribution in [-0.4, -0.2) is 34.8 Å². The van der Waals surface area contributed by atoms with Gasteiger partial charge in [0.2, 0.25) is 0 Å². The number of phenols is 1. The molecule has 5 nitrogen and oxygen atoms in total. The van der Waals surface area contributed by atoms with E-state index in [4.69, 9.17) is 4.98 Å². The van der Waals surface area contributed by atoms with Crippen LogP contribution in [0.2, 0.25) is 0 Å². The number of aromatic nitrogens is 1. The molecule has 0 spiro atoms.